The van der Waals surface area contributed by atoms with Gasteiger partial charge < -0.3 is 5.32 Å². The van der Waals surface area contributed by atoms with Crippen LogP contribution in [0.1, 0.15) is 31.4 Å². The predicted octanol–water partition coefficient (Wildman–Crippen LogP) is 2.30. The molecule has 0 unspecified atom stereocenters. The molecule has 0 aliphatic heterocycles. The second-order valence-electron chi connectivity index (χ2n) is 4.84. The Morgan fingerprint density at radius 3 is 2.76 bits per heavy atom. The Morgan fingerprint density at radius 1 is 1.33 bits per heavy atom. The highest BCUT2D eigenvalue weighted by Gasteiger charge is 2.06. The van der Waals surface area contributed by atoms with Gasteiger partial charge in [-0.25, -0.2) is 9.67 Å². The minimum atomic E-state index is -0.0209. The summed E-state index contributed by atoms with van der Waals surface area (Å²) in [6, 6.07) is 8.02. The number of allylic oxidation sites excluding steroid dienone is 1. The lowest BCUT2D eigenvalue weighted by molar-refractivity contribution is -0.117. The van der Waals surface area contributed by atoms with Crippen LogP contribution in [0.25, 0.3) is 0 Å². The minimum absolute atomic E-state index is 0.0209. The summed E-state index contributed by atoms with van der Waals surface area (Å²) in [6.45, 7) is 5.01. The van der Waals surface area contributed by atoms with E-state index in [4.69, 9.17) is 0 Å². The Kier molecular flexibility index (Phi) is 5.26. The number of carbonyl (C=O) groups is 1. The number of benzene rings is 1. The first-order valence-electron chi connectivity index (χ1n) is 7.05. The van der Waals surface area contributed by atoms with Gasteiger partial charge in [0.15, 0.2) is 0 Å². The molecule has 0 saturated carbocycles. The molecule has 1 aromatic heterocycles. The first kappa shape index (κ1) is 15.0. The van der Waals surface area contributed by atoms with Crippen molar-refractivity contribution in [1.82, 2.24) is 20.1 Å². The van der Waals surface area contributed by atoms with Crippen LogP contribution in [0, 0.1) is 0 Å². The molecule has 0 bridgehead atoms. The quantitative estimate of drug-likeness (QED) is 0.828. The fourth-order valence-corrected chi connectivity index (χ4v) is 2.09. The minimum Gasteiger partial charge on any atom is -0.348 e. The second kappa shape index (κ2) is 7.38. The van der Waals surface area contributed by atoms with Crippen LogP contribution in [0.2, 0.25) is 0 Å². The van der Waals surface area contributed by atoms with Crippen molar-refractivity contribution in [3.8, 4) is 0 Å². The van der Waals surface area contributed by atoms with Crippen LogP contribution >= 0.6 is 0 Å². The van der Waals surface area contributed by atoms with Gasteiger partial charge in [0.1, 0.15) is 12.7 Å². The third-order valence-corrected chi connectivity index (χ3v) is 3.23. The third-order valence-electron chi connectivity index (χ3n) is 3.23. The lowest BCUT2D eigenvalue weighted by atomic mass is 10.1. The predicted molar refractivity (Wildman–Crippen MR) is 81.5 cm³/mol. The molecule has 2 rings (SSSR count). The molecular weight excluding hydrogens is 264 g/mol. The molecule has 1 N–H and O–H groups in total. The van der Waals surface area contributed by atoms with Crippen LogP contribution in [0.4, 0.5) is 0 Å². The molecule has 110 valence electrons. The molecule has 0 aliphatic rings. The average Bonchev–Trinajstić information content (AvgIpc) is 2.99. The van der Waals surface area contributed by atoms with Gasteiger partial charge >= 0.3 is 0 Å². The molecule has 5 nitrogen and oxygen atoms in total. The van der Waals surface area contributed by atoms with E-state index in [1.807, 2.05) is 44.2 Å². The van der Waals surface area contributed by atoms with E-state index in [9.17, 15) is 4.79 Å². The van der Waals surface area contributed by atoms with Crippen LogP contribution in [0.15, 0.2) is 48.6 Å². The van der Waals surface area contributed by atoms with Gasteiger partial charge in [-0.1, -0.05) is 37.3 Å². The van der Waals surface area contributed by atoms with Crippen LogP contribution in [0.5, 0.6) is 0 Å². The summed E-state index contributed by atoms with van der Waals surface area (Å²) >= 11 is 0. The molecule has 0 aliphatic carbocycles. The van der Waals surface area contributed by atoms with Crippen LogP contribution in [-0.4, -0.2) is 20.7 Å². The lowest BCUT2D eigenvalue weighted by Crippen LogP contribution is -2.24. The molecule has 0 radical (unpaired) electrons. The summed E-state index contributed by atoms with van der Waals surface area (Å²) in [5.74, 6) is -0.0209. The molecule has 1 aromatic carbocycles. The molecule has 0 saturated heterocycles. The van der Waals surface area contributed by atoms with Crippen molar-refractivity contribution >= 4 is 5.91 Å². The summed E-state index contributed by atoms with van der Waals surface area (Å²) in [6.07, 6.45) is 5.99. The van der Waals surface area contributed by atoms with Gasteiger partial charge in [0.05, 0.1) is 6.54 Å². The number of nitrogens with zero attached hydrogens (tertiary/aromatic N) is 3. The number of amides is 1. The van der Waals surface area contributed by atoms with E-state index in [2.05, 4.69) is 15.4 Å². The molecule has 0 fully saturated rings. The number of hydrogen-bond donors (Lipinski definition) is 1. The van der Waals surface area contributed by atoms with Gasteiger partial charge in [0.25, 0.3) is 0 Å². The standard InChI is InChI=1S/C16H20N4O/c1-3-6-13(2)16(21)18-9-14-7-4-5-8-15(14)10-20-12-17-11-19-20/h4-8,11-12H,3,9-10H2,1-2H3,(H,18,21)/b13-6+. The van der Waals surface area contributed by atoms with Crippen molar-refractivity contribution in [2.24, 2.45) is 0 Å². The zero-order chi connectivity index (χ0) is 15.1. The van der Waals surface area contributed by atoms with Crippen molar-refractivity contribution in [2.75, 3.05) is 0 Å². The fourth-order valence-electron chi connectivity index (χ4n) is 2.09. The average molecular weight is 284 g/mol. The smallest absolute Gasteiger partial charge is 0.246 e. The largest absolute Gasteiger partial charge is 0.348 e. The number of nitrogens with one attached hydrogen (secondary N) is 1. The second-order valence-corrected chi connectivity index (χ2v) is 4.84. The number of aromatic nitrogens is 3. The van der Waals surface area contributed by atoms with Gasteiger partial charge in [-0.05, 0) is 24.5 Å². The number of rotatable bonds is 6. The summed E-state index contributed by atoms with van der Waals surface area (Å²) in [5.41, 5.74) is 2.97. The molecule has 21 heavy (non-hydrogen) atoms. The molecule has 0 spiro atoms. The maximum absolute atomic E-state index is 11.9. The van der Waals surface area contributed by atoms with Crippen LogP contribution in [0.3, 0.4) is 0 Å². The molecule has 2 aromatic rings. The normalized spacial score (nSPS) is 11.4. The highest BCUT2D eigenvalue weighted by molar-refractivity contribution is 5.92. The SMILES string of the molecule is CC/C=C(\C)C(=O)NCc1ccccc1Cn1cncn1. The van der Waals surface area contributed by atoms with Gasteiger partial charge in [-0.2, -0.15) is 5.10 Å². The maximum atomic E-state index is 11.9. The van der Waals surface area contributed by atoms with Gasteiger partial charge in [0, 0.05) is 12.1 Å². The molecular formula is C16H20N4O. The monoisotopic (exact) mass is 284 g/mol. The molecule has 1 heterocycles. The molecule has 1 amide bonds. The van der Waals surface area contributed by atoms with E-state index in [1.54, 1.807) is 11.0 Å². The molecule has 5 heteroatoms. The van der Waals surface area contributed by atoms with E-state index >= 15 is 0 Å². The Hall–Kier alpha value is -2.43. The van der Waals surface area contributed by atoms with Crippen molar-refractivity contribution in [3.63, 3.8) is 0 Å². The fraction of sp³-hybridized carbons (Fsp3) is 0.312. The van der Waals surface area contributed by atoms with E-state index in [0.717, 1.165) is 23.1 Å². The third kappa shape index (κ3) is 4.27. The van der Waals surface area contributed by atoms with Gasteiger partial charge in [0.2, 0.25) is 5.91 Å². The summed E-state index contributed by atoms with van der Waals surface area (Å²) in [4.78, 5) is 15.9. The number of carbonyl (C=O) groups excluding carboxylic acids is 1. The van der Waals surface area contributed by atoms with Crippen molar-refractivity contribution < 1.29 is 4.79 Å². The Bertz CT molecular complexity index is 617. The van der Waals surface area contributed by atoms with Crippen LogP contribution in [-0.2, 0) is 17.9 Å². The van der Waals surface area contributed by atoms with E-state index in [0.29, 0.717) is 13.1 Å². The highest BCUT2D eigenvalue weighted by atomic mass is 16.1. The van der Waals surface area contributed by atoms with E-state index < -0.39 is 0 Å². The number of hydrogen-bond acceptors (Lipinski definition) is 3. The topological polar surface area (TPSA) is 59.8 Å². The van der Waals surface area contributed by atoms with Crippen molar-refractivity contribution in [2.45, 2.75) is 33.4 Å². The summed E-state index contributed by atoms with van der Waals surface area (Å²) < 4.78 is 1.77. The van der Waals surface area contributed by atoms with E-state index in [1.165, 1.54) is 6.33 Å². The Morgan fingerprint density at radius 2 is 2.10 bits per heavy atom. The highest BCUT2D eigenvalue weighted by Crippen LogP contribution is 2.10. The van der Waals surface area contributed by atoms with E-state index in [-0.39, 0.29) is 5.91 Å². The first-order valence-corrected chi connectivity index (χ1v) is 7.05. The van der Waals surface area contributed by atoms with Crippen molar-refractivity contribution in [1.29, 1.82) is 0 Å². The van der Waals surface area contributed by atoms with Gasteiger partial charge in [-0.15, -0.1) is 0 Å². The van der Waals surface area contributed by atoms with Gasteiger partial charge in [-0.3, -0.25) is 4.79 Å². The van der Waals surface area contributed by atoms with Crippen molar-refractivity contribution in [3.05, 3.63) is 59.7 Å². The maximum Gasteiger partial charge on any atom is 0.246 e. The van der Waals surface area contributed by atoms with Crippen LogP contribution < -0.4 is 5.32 Å². The zero-order valence-corrected chi connectivity index (χ0v) is 12.4. The summed E-state index contributed by atoms with van der Waals surface area (Å²) in [7, 11) is 0. The Balaban J connectivity index is 2.03. The lowest BCUT2D eigenvalue weighted by Gasteiger charge is -2.11. The summed E-state index contributed by atoms with van der Waals surface area (Å²) in [5, 5.41) is 7.06. The zero-order valence-electron chi connectivity index (χ0n) is 12.4. The molecule has 0 atom stereocenters. The Labute approximate surface area is 124 Å². The first-order chi connectivity index (χ1) is 10.2.